The highest BCUT2D eigenvalue weighted by atomic mass is 15.2. The number of hydrogen-bond donors (Lipinski definition) is 1. The Morgan fingerprint density at radius 2 is 2.33 bits per heavy atom. The number of aryl methyl sites for hydroxylation is 2. The van der Waals surface area contributed by atoms with E-state index in [0.717, 1.165) is 37.6 Å². The largest absolute Gasteiger partial charge is 0.356 e. The first-order chi connectivity index (χ1) is 10.3. The van der Waals surface area contributed by atoms with Crippen molar-refractivity contribution in [1.29, 1.82) is 0 Å². The van der Waals surface area contributed by atoms with Crippen molar-refractivity contribution in [3.05, 3.63) is 35.5 Å². The molecule has 0 saturated carbocycles. The Hall–Kier alpha value is -1.91. The van der Waals surface area contributed by atoms with E-state index in [1.165, 1.54) is 24.1 Å². The van der Waals surface area contributed by atoms with Crippen LogP contribution in [0.5, 0.6) is 0 Å². The van der Waals surface area contributed by atoms with E-state index in [1.54, 1.807) is 0 Å². The Labute approximate surface area is 125 Å². The van der Waals surface area contributed by atoms with Crippen LogP contribution in [0.1, 0.15) is 49.2 Å². The SMILES string of the molecule is CCCc1cnc(C)nc1N1CCC[C@H](c2ccn[nH]2)C1. The summed E-state index contributed by atoms with van der Waals surface area (Å²) in [5.41, 5.74) is 2.51. The fourth-order valence-corrected chi connectivity index (χ4v) is 3.12. The first-order valence-electron chi connectivity index (χ1n) is 7.84. The van der Waals surface area contributed by atoms with Gasteiger partial charge in [0.05, 0.1) is 0 Å². The standard InChI is InChI=1S/C16H23N5/c1-3-5-13-10-17-12(2)19-16(13)21-9-4-6-14(11-21)15-7-8-18-20-15/h7-8,10,14H,3-6,9,11H2,1-2H3,(H,18,20)/t14-/m0/s1. The normalized spacial score (nSPS) is 19.0. The maximum atomic E-state index is 4.72. The summed E-state index contributed by atoms with van der Waals surface area (Å²) in [5.74, 6) is 2.51. The molecule has 0 spiro atoms. The van der Waals surface area contributed by atoms with Gasteiger partial charge in [-0.1, -0.05) is 13.3 Å². The molecule has 112 valence electrons. The molecule has 5 heteroatoms. The number of H-pyrrole nitrogens is 1. The molecule has 1 atom stereocenters. The maximum absolute atomic E-state index is 4.72. The predicted molar refractivity (Wildman–Crippen MR) is 83.5 cm³/mol. The average molecular weight is 285 g/mol. The molecule has 1 N–H and O–H groups in total. The molecule has 0 aromatic carbocycles. The van der Waals surface area contributed by atoms with Gasteiger partial charge in [0.15, 0.2) is 0 Å². The highest BCUT2D eigenvalue weighted by molar-refractivity contribution is 5.47. The van der Waals surface area contributed by atoms with Gasteiger partial charge in [0.2, 0.25) is 0 Å². The second kappa shape index (κ2) is 6.24. The summed E-state index contributed by atoms with van der Waals surface area (Å²) >= 11 is 0. The molecular formula is C16H23N5. The van der Waals surface area contributed by atoms with Crippen molar-refractivity contribution < 1.29 is 0 Å². The monoisotopic (exact) mass is 285 g/mol. The van der Waals surface area contributed by atoms with Gasteiger partial charge in [-0.2, -0.15) is 5.10 Å². The lowest BCUT2D eigenvalue weighted by Gasteiger charge is -2.34. The fourth-order valence-electron chi connectivity index (χ4n) is 3.12. The zero-order chi connectivity index (χ0) is 14.7. The molecule has 1 saturated heterocycles. The second-order valence-corrected chi connectivity index (χ2v) is 5.81. The van der Waals surface area contributed by atoms with Crippen LogP contribution < -0.4 is 4.90 Å². The van der Waals surface area contributed by atoms with Gasteiger partial charge in [-0.05, 0) is 32.3 Å². The van der Waals surface area contributed by atoms with Crippen LogP contribution in [0.15, 0.2) is 18.5 Å². The van der Waals surface area contributed by atoms with Crippen molar-refractivity contribution in [1.82, 2.24) is 20.2 Å². The Bertz CT molecular complexity index is 578. The van der Waals surface area contributed by atoms with Crippen molar-refractivity contribution in [2.45, 2.75) is 45.4 Å². The van der Waals surface area contributed by atoms with E-state index in [-0.39, 0.29) is 0 Å². The van der Waals surface area contributed by atoms with E-state index in [0.29, 0.717) is 5.92 Å². The number of aromatic nitrogens is 4. The van der Waals surface area contributed by atoms with Crippen molar-refractivity contribution >= 4 is 5.82 Å². The van der Waals surface area contributed by atoms with Crippen LogP contribution in [0.2, 0.25) is 0 Å². The van der Waals surface area contributed by atoms with Gasteiger partial charge in [0.1, 0.15) is 11.6 Å². The number of nitrogens with one attached hydrogen (secondary N) is 1. The van der Waals surface area contributed by atoms with Crippen LogP contribution in [0.4, 0.5) is 5.82 Å². The lowest BCUT2D eigenvalue weighted by molar-refractivity contribution is 0.496. The third-order valence-corrected chi connectivity index (χ3v) is 4.16. The first-order valence-corrected chi connectivity index (χ1v) is 7.84. The molecule has 21 heavy (non-hydrogen) atoms. The molecular weight excluding hydrogens is 262 g/mol. The van der Waals surface area contributed by atoms with Gasteiger partial charge in [0, 0.05) is 42.7 Å². The van der Waals surface area contributed by atoms with Gasteiger partial charge in [0.25, 0.3) is 0 Å². The van der Waals surface area contributed by atoms with Gasteiger partial charge >= 0.3 is 0 Å². The number of hydrogen-bond acceptors (Lipinski definition) is 4. The molecule has 0 amide bonds. The van der Waals surface area contributed by atoms with Crippen LogP contribution in [-0.4, -0.2) is 33.3 Å². The topological polar surface area (TPSA) is 57.7 Å². The van der Waals surface area contributed by atoms with Crippen LogP contribution in [0.3, 0.4) is 0 Å². The van der Waals surface area contributed by atoms with Crippen LogP contribution in [-0.2, 0) is 6.42 Å². The molecule has 5 nitrogen and oxygen atoms in total. The molecule has 0 unspecified atom stereocenters. The van der Waals surface area contributed by atoms with Crippen molar-refractivity contribution in [3.8, 4) is 0 Å². The molecule has 3 rings (SSSR count). The minimum atomic E-state index is 0.519. The number of rotatable bonds is 4. The van der Waals surface area contributed by atoms with Crippen molar-refractivity contribution in [2.24, 2.45) is 0 Å². The van der Waals surface area contributed by atoms with Crippen LogP contribution in [0.25, 0.3) is 0 Å². The molecule has 2 aromatic heterocycles. The number of aromatic amines is 1. The zero-order valence-electron chi connectivity index (χ0n) is 12.8. The Kier molecular flexibility index (Phi) is 4.18. The molecule has 0 aliphatic carbocycles. The van der Waals surface area contributed by atoms with E-state index < -0.39 is 0 Å². The Morgan fingerprint density at radius 3 is 3.10 bits per heavy atom. The minimum Gasteiger partial charge on any atom is -0.356 e. The van der Waals surface area contributed by atoms with E-state index >= 15 is 0 Å². The number of nitrogens with zero attached hydrogens (tertiary/aromatic N) is 4. The second-order valence-electron chi connectivity index (χ2n) is 5.81. The van der Waals surface area contributed by atoms with Gasteiger partial charge in [-0.25, -0.2) is 9.97 Å². The summed E-state index contributed by atoms with van der Waals surface area (Å²) in [6.45, 7) is 6.26. The minimum absolute atomic E-state index is 0.519. The molecule has 1 aliphatic rings. The highest BCUT2D eigenvalue weighted by Gasteiger charge is 2.24. The van der Waals surface area contributed by atoms with E-state index in [4.69, 9.17) is 4.98 Å². The molecule has 2 aromatic rings. The summed E-state index contributed by atoms with van der Waals surface area (Å²) in [6, 6.07) is 2.09. The van der Waals surface area contributed by atoms with Crippen molar-refractivity contribution in [2.75, 3.05) is 18.0 Å². The van der Waals surface area contributed by atoms with Crippen LogP contribution >= 0.6 is 0 Å². The van der Waals surface area contributed by atoms with Crippen molar-refractivity contribution in [3.63, 3.8) is 0 Å². The smallest absolute Gasteiger partial charge is 0.135 e. The lowest BCUT2D eigenvalue weighted by atomic mass is 9.94. The molecule has 1 fully saturated rings. The van der Waals surface area contributed by atoms with Gasteiger partial charge in [-0.3, -0.25) is 5.10 Å². The molecule has 3 heterocycles. The summed E-state index contributed by atoms with van der Waals surface area (Å²) in [4.78, 5) is 11.5. The summed E-state index contributed by atoms with van der Waals surface area (Å²) < 4.78 is 0. The lowest BCUT2D eigenvalue weighted by Crippen LogP contribution is -2.36. The molecule has 0 bridgehead atoms. The maximum Gasteiger partial charge on any atom is 0.135 e. The molecule has 0 radical (unpaired) electrons. The fraction of sp³-hybridized carbons (Fsp3) is 0.562. The van der Waals surface area contributed by atoms with Gasteiger partial charge in [-0.15, -0.1) is 0 Å². The Morgan fingerprint density at radius 1 is 1.43 bits per heavy atom. The Balaban J connectivity index is 1.84. The summed E-state index contributed by atoms with van der Waals surface area (Å²) in [5, 5.41) is 7.21. The third-order valence-electron chi connectivity index (χ3n) is 4.16. The van der Waals surface area contributed by atoms with Crippen LogP contribution in [0, 0.1) is 6.92 Å². The van der Waals surface area contributed by atoms with E-state index in [2.05, 4.69) is 33.1 Å². The quantitative estimate of drug-likeness (QED) is 0.938. The third kappa shape index (κ3) is 3.06. The number of piperidine rings is 1. The van der Waals surface area contributed by atoms with E-state index in [1.807, 2.05) is 19.3 Å². The highest BCUT2D eigenvalue weighted by Crippen LogP contribution is 2.29. The predicted octanol–water partition coefficient (Wildman–Crippen LogP) is 2.84. The summed E-state index contributed by atoms with van der Waals surface area (Å²) in [7, 11) is 0. The average Bonchev–Trinajstić information content (AvgIpc) is 3.04. The summed E-state index contributed by atoms with van der Waals surface area (Å²) in [6.07, 6.45) is 8.41. The van der Waals surface area contributed by atoms with E-state index in [9.17, 15) is 0 Å². The number of anilines is 1. The zero-order valence-corrected chi connectivity index (χ0v) is 12.8. The van der Waals surface area contributed by atoms with Gasteiger partial charge < -0.3 is 4.90 Å². The molecule has 1 aliphatic heterocycles. The first kappa shape index (κ1) is 14.0.